The summed E-state index contributed by atoms with van der Waals surface area (Å²) >= 11 is 0. The molecule has 1 N–H and O–H groups in total. The van der Waals surface area contributed by atoms with Crippen molar-refractivity contribution in [1.82, 2.24) is 20.0 Å². The molecule has 1 atom stereocenters. The number of methoxy groups -OCH3 is 1. The van der Waals surface area contributed by atoms with Gasteiger partial charge in [0.2, 0.25) is 5.91 Å². The number of carbonyl (C=O) groups excluding carboxylic acids is 1. The monoisotopic (exact) mass is 406 g/mol. The van der Waals surface area contributed by atoms with Crippen LogP contribution < -0.4 is 14.8 Å². The Labute approximate surface area is 176 Å². The van der Waals surface area contributed by atoms with E-state index in [-0.39, 0.29) is 12.0 Å². The van der Waals surface area contributed by atoms with Gasteiger partial charge in [-0.1, -0.05) is 30.3 Å². The second-order valence-corrected chi connectivity index (χ2v) is 7.45. The summed E-state index contributed by atoms with van der Waals surface area (Å²) in [5, 5.41) is 7.39. The van der Waals surface area contributed by atoms with Crippen molar-refractivity contribution >= 4 is 5.91 Å². The molecule has 30 heavy (non-hydrogen) atoms. The number of ether oxygens (including phenoxy) is 2. The Morgan fingerprint density at radius 3 is 2.90 bits per heavy atom. The second kappa shape index (κ2) is 9.00. The summed E-state index contributed by atoms with van der Waals surface area (Å²) in [5.41, 5.74) is 2.88. The SMILES string of the molecule is COc1ccccc1-n1cc(CNC(=O)CN2Cc3ccccc3O[C@H](C)C2)cn1. The van der Waals surface area contributed by atoms with E-state index in [2.05, 4.69) is 15.3 Å². The Hall–Kier alpha value is -3.32. The molecule has 0 saturated heterocycles. The van der Waals surface area contributed by atoms with Crippen molar-refractivity contribution in [3.8, 4) is 17.2 Å². The van der Waals surface area contributed by atoms with Crippen molar-refractivity contribution in [2.75, 3.05) is 20.2 Å². The van der Waals surface area contributed by atoms with Gasteiger partial charge in [0.05, 0.1) is 19.9 Å². The van der Waals surface area contributed by atoms with Gasteiger partial charge in [-0.05, 0) is 25.1 Å². The minimum Gasteiger partial charge on any atom is -0.494 e. The predicted molar refractivity (Wildman–Crippen MR) is 114 cm³/mol. The van der Waals surface area contributed by atoms with Gasteiger partial charge in [-0.15, -0.1) is 0 Å². The van der Waals surface area contributed by atoms with E-state index in [1.807, 2.05) is 61.7 Å². The van der Waals surface area contributed by atoms with E-state index < -0.39 is 0 Å². The summed E-state index contributed by atoms with van der Waals surface area (Å²) in [6.07, 6.45) is 3.68. The molecule has 7 heteroatoms. The molecule has 2 aromatic carbocycles. The van der Waals surface area contributed by atoms with Crippen molar-refractivity contribution in [3.63, 3.8) is 0 Å². The van der Waals surface area contributed by atoms with Crippen LogP contribution in [0.25, 0.3) is 5.69 Å². The van der Waals surface area contributed by atoms with Gasteiger partial charge in [0.25, 0.3) is 0 Å². The van der Waals surface area contributed by atoms with Crippen LogP contribution in [0.3, 0.4) is 0 Å². The van der Waals surface area contributed by atoms with Gasteiger partial charge in [0.15, 0.2) is 0 Å². The first kappa shape index (κ1) is 20.0. The van der Waals surface area contributed by atoms with Crippen LogP contribution >= 0.6 is 0 Å². The fraction of sp³-hybridized carbons (Fsp3) is 0.304. The van der Waals surface area contributed by atoms with Crippen LogP contribution in [0.1, 0.15) is 18.1 Å². The first-order valence-corrected chi connectivity index (χ1v) is 10.0. The molecule has 0 aliphatic carbocycles. The summed E-state index contributed by atoms with van der Waals surface area (Å²) in [4.78, 5) is 14.7. The number of carbonyl (C=O) groups is 1. The van der Waals surface area contributed by atoms with Gasteiger partial charge in [0.1, 0.15) is 23.3 Å². The lowest BCUT2D eigenvalue weighted by Gasteiger charge is -2.21. The Kier molecular flexibility index (Phi) is 5.99. The summed E-state index contributed by atoms with van der Waals surface area (Å²) in [7, 11) is 1.64. The van der Waals surface area contributed by atoms with E-state index in [0.29, 0.717) is 26.2 Å². The van der Waals surface area contributed by atoms with Crippen LogP contribution in [0, 0.1) is 0 Å². The van der Waals surface area contributed by atoms with E-state index in [1.165, 1.54) is 0 Å². The second-order valence-electron chi connectivity index (χ2n) is 7.45. The highest BCUT2D eigenvalue weighted by Crippen LogP contribution is 2.24. The third kappa shape index (κ3) is 4.63. The van der Waals surface area contributed by atoms with Crippen LogP contribution in [-0.2, 0) is 17.9 Å². The molecule has 0 spiro atoms. The zero-order valence-electron chi connectivity index (χ0n) is 17.2. The maximum atomic E-state index is 12.6. The first-order chi connectivity index (χ1) is 14.6. The molecule has 1 aromatic heterocycles. The zero-order valence-corrected chi connectivity index (χ0v) is 17.2. The number of rotatable bonds is 6. The molecule has 1 amide bonds. The lowest BCUT2D eigenvalue weighted by atomic mass is 10.2. The molecule has 2 heterocycles. The fourth-order valence-electron chi connectivity index (χ4n) is 3.65. The average molecular weight is 406 g/mol. The molecule has 1 aliphatic heterocycles. The molecule has 4 rings (SSSR count). The number of fused-ring (bicyclic) bond motifs is 1. The number of nitrogens with one attached hydrogen (secondary N) is 1. The highest BCUT2D eigenvalue weighted by atomic mass is 16.5. The van der Waals surface area contributed by atoms with Crippen molar-refractivity contribution in [2.45, 2.75) is 26.1 Å². The molecule has 0 radical (unpaired) electrons. The molecule has 156 valence electrons. The third-order valence-electron chi connectivity index (χ3n) is 5.03. The van der Waals surface area contributed by atoms with Gasteiger partial charge in [0, 0.05) is 37.0 Å². The van der Waals surface area contributed by atoms with Crippen LogP contribution in [0.4, 0.5) is 0 Å². The lowest BCUT2D eigenvalue weighted by Crippen LogP contribution is -2.39. The van der Waals surface area contributed by atoms with E-state index >= 15 is 0 Å². The van der Waals surface area contributed by atoms with Crippen LogP contribution in [0.15, 0.2) is 60.9 Å². The number of para-hydroxylation sites is 3. The third-order valence-corrected chi connectivity index (χ3v) is 5.03. The number of hydrogen-bond donors (Lipinski definition) is 1. The van der Waals surface area contributed by atoms with Gasteiger partial charge in [-0.25, -0.2) is 4.68 Å². The average Bonchev–Trinajstić information content (AvgIpc) is 3.16. The number of aromatic nitrogens is 2. The van der Waals surface area contributed by atoms with Crippen molar-refractivity contribution in [2.24, 2.45) is 0 Å². The zero-order chi connectivity index (χ0) is 20.9. The minimum absolute atomic E-state index is 0.0216. The predicted octanol–water partition coefficient (Wildman–Crippen LogP) is 2.78. The van der Waals surface area contributed by atoms with E-state index in [9.17, 15) is 4.79 Å². The number of amides is 1. The molecule has 0 saturated carbocycles. The van der Waals surface area contributed by atoms with Crippen LogP contribution in [-0.4, -0.2) is 46.9 Å². The van der Waals surface area contributed by atoms with Crippen LogP contribution in [0.2, 0.25) is 0 Å². The standard InChI is InChI=1S/C23H26N4O3/c1-17-13-26(15-19-7-3-5-9-21(19)30-17)16-23(28)24-11-18-12-25-27(14-18)20-8-4-6-10-22(20)29-2/h3-10,12,14,17H,11,13,15-16H2,1-2H3,(H,24,28)/t17-/m1/s1. The van der Waals surface area contributed by atoms with Crippen molar-refractivity contribution in [1.29, 1.82) is 0 Å². The molecule has 7 nitrogen and oxygen atoms in total. The fourth-order valence-corrected chi connectivity index (χ4v) is 3.65. The Morgan fingerprint density at radius 2 is 2.03 bits per heavy atom. The first-order valence-electron chi connectivity index (χ1n) is 10.0. The molecular weight excluding hydrogens is 380 g/mol. The Morgan fingerprint density at radius 1 is 1.23 bits per heavy atom. The highest BCUT2D eigenvalue weighted by Gasteiger charge is 2.21. The van der Waals surface area contributed by atoms with Gasteiger partial charge in [-0.2, -0.15) is 5.10 Å². The molecule has 0 bridgehead atoms. The molecule has 0 fully saturated rings. The normalized spacial score (nSPS) is 16.3. The van der Waals surface area contributed by atoms with E-state index in [4.69, 9.17) is 9.47 Å². The molecule has 0 unspecified atom stereocenters. The lowest BCUT2D eigenvalue weighted by molar-refractivity contribution is -0.122. The van der Waals surface area contributed by atoms with Gasteiger partial charge < -0.3 is 14.8 Å². The largest absolute Gasteiger partial charge is 0.494 e. The number of nitrogens with zero attached hydrogens (tertiary/aromatic N) is 3. The maximum Gasteiger partial charge on any atom is 0.234 e. The van der Waals surface area contributed by atoms with E-state index in [0.717, 1.165) is 28.3 Å². The van der Waals surface area contributed by atoms with E-state index in [1.54, 1.807) is 18.0 Å². The highest BCUT2D eigenvalue weighted by molar-refractivity contribution is 5.78. The minimum atomic E-state index is -0.0216. The maximum absolute atomic E-state index is 12.6. The Balaban J connectivity index is 1.35. The molecular formula is C23H26N4O3. The Bertz CT molecular complexity index is 1020. The topological polar surface area (TPSA) is 68.6 Å². The molecule has 1 aliphatic rings. The van der Waals surface area contributed by atoms with Gasteiger partial charge >= 0.3 is 0 Å². The summed E-state index contributed by atoms with van der Waals surface area (Å²) < 4.78 is 13.1. The smallest absolute Gasteiger partial charge is 0.234 e. The van der Waals surface area contributed by atoms with Crippen LogP contribution in [0.5, 0.6) is 11.5 Å². The van der Waals surface area contributed by atoms with Crippen molar-refractivity contribution < 1.29 is 14.3 Å². The summed E-state index contributed by atoms with van der Waals surface area (Å²) in [6.45, 7) is 4.17. The number of benzene rings is 2. The quantitative estimate of drug-likeness (QED) is 0.682. The summed E-state index contributed by atoms with van der Waals surface area (Å²) in [5.74, 6) is 1.62. The number of hydrogen-bond acceptors (Lipinski definition) is 5. The van der Waals surface area contributed by atoms with Crippen molar-refractivity contribution in [3.05, 3.63) is 72.1 Å². The molecule has 3 aromatic rings. The van der Waals surface area contributed by atoms with Gasteiger partial charge in [-0.3, -0.25) is 9.69 Å². The summed E-state index contributed by atoms with van der Waals surface area (Å²) in [6, 6.07) is 15.7.